The van der Waals surface area contributed by atoms with Crippen LogP contribution in [0.15, 0.2) is 53.1 Å². The van der Waals surface area contributed by atoms with Gasteiger partial charge in [0.2, 0.25) is 11.8 Å². The van der Waals surface area contributed by atoms with Gasteiger partial charge in [-0.1, -0.05) is 30.3 Å². The minimum Gasteiger partial charge on any atom is -0.334 e. The third-order valence-corrected chi connectivity index (χ3v) is 3.84. The lowest BCUT2D eigenvalue weighted by Gasteiger charge is -2.15. The largest absolute Gasteiger partial charge is 0.334 e. The van der Waals surface area contributed by atoms with Crippen LogP contribution >= 0.6 is 15.9 Å². The zero-order chi connectivity index (χ0) is 19.6. The molecule has 2 rings (SSSR count). The van der Waals surface area contributed by atoms with Crippen LogP contribution < -0.4 is 16.0 Å². The van der Waals surface area contributed by atoms with Gasteiger partial charge in [0.25, 0.3) is 0 Å². The van der Waals surface area contributed by atoms with Crippen LogP contribution in [0.2, 0.25) is 0 Å². The van der Waals surface area contributed by atoms with Gasteiger partial charge in [0.05, 0.1) is 13.1 Å². The molecule has 27 heavy (non-hydrogen) atoms. The molecular formula is C18H20BrN5O3. The molecule has 0 atom stereocenters. The summed E-state index contributed by atoms with van der Waals surface area (Å²) in [6.07, 6.45) is 1.57. The molecule has 1 heterocycles. The van der Waals surface area contributed by atoms with Crippen LogP contribution in [0.4, 0.5) is 10.6 Å². The van der Waals surface area contributed by atoms with Gasteiger partial charge in [0.1, 0.15) is 5.82 Å². The molecule has 3 N–H and O–H groups in total. The molecule has 0 aliphatic heterocycles. The molecule has 0 saturated carbocycles. The molecule has 0 saturated heterocycles. The smallest absolute Gasteiger partial charge is 0.321 e. The van der Waals surface area contributed by atoms with E-state index in [0.29, 0.717) is 12.4 Å². The highest BCUT2D eigenvalue weighted by Gasteiger charge is 2.13. The van der Waals surface area contributed by atoms with Crippen molar-refractivity contribution in [2.24, 2.45) is 0 Å². The van der Waals surface area contributed by atoms with E-state index in [1.165, 1.54) is 4.90 Å². The van der Waals surface area contributed by atoms with Gasteiger partial charge in [-0.05, 0) is 40.7 Å². The Kier molecular flexibility index (Phi) is 7.90. The number of imide groups is 1. The first-order valence-electron chi connectivity index (χ1n) is 8.14. The number of benzene rings is 1. The van der Waals surface area contributed by atoms with Crippen LogP contribution in [0, 0.1) is 0 Å². The molecule has 0 bridgehead atoms. The molecule has 0 aliphatic carbocycles. The van der Waals surface area contributed by atoms with Gasteiger partial charge in [-0.25, -0.2) is 9.78 Å². The third-order valence-electron chi connectivity index (χ3n) is 3.37. The van der Waals surface area contributed by atoms with Crippen molar-refractivity contribution in [3.05, 3.63) is 58.7 Å². The number of likely N-dealkylation sites (N-methyl/N-ethyl adjacent to an activating group) is 1. The predicted molar refractivity (Wildman–Crippen MR) is 105 cm³/mol. The van der Waals surface area contributed by atoms with Crippen molar-refractivity contribution in [3.63, 3.8) is 0 Å². The van der Waals surface area contributed by atoms with Crippen LogP contribution in [0.3, 0.4) is 0 Å². The van der Waals surface area contributed by atoms with Gasteiger partial charge in [-0.3, -0.25) is 19.8 Å². The molecule has 9 heteroatoms. The second-order valence-corrected chi connectivity index (χ2v) is 6.71. The summed E-state index contributed by atoms with van der Waals surface area (Å²) in [5.41, 5.74) is 0.926. The van der Waals surface area contributed by atoms with Crippen molar-refractivity contribution >= 4 is 39.6 Å². The normalized spacial score (nSPS) is 10.3. The molecule has 1 aromatic heterocycles. The molecule has 2 aromatic rings. The van der Waals surface area contributed by atoms with E-state index in [0.717, 1.165) is 10.0 Å². The number of amides is 4. The molecule has 4 amide bonds. The molecule has 1 aromatic carbocycles. The monoisotopic (exact) mass is 433 g/mol. The highest BCUT2D eigenvalue weighted by molar-refractivity contribution is 9.10. The lowest BCUT2D eigenvalue weighted by Crippen LogP contribution is -2.44. The lowest BCUT2D eigenvalue weighted by molar-refractivity contribution is -0.122. The molecule has 0 spiro atoms. The van der Waals surface area contributed by atoms with Gasteiger partial charge in [0.15, 0.2) is 0 Å². The quantitative estimate of drug-likeness (QED) is 0.616. The summed E-state index contributed by atoms with van der Waals surface area (Å²) in [4.78, 5) is 41.1. The number of carbonyl (C=O) groups is 3. The molecular weight excluding hydrogens is 414 g/mol. The van der Waals surface area contributed by atoms with Crippen LogP contribution in [0.5, 0.6) is 0 Å². The number of nitrogens with zero attached hydrogens (tertiary/aromatic N) is 2. The van der Waals surface area contributed by atoms with Crippen LogP contribution in [-0.4, -0.2) is 47.9 Å². The van der Waals surface area contributed by atoms with E-state index in [4.69, 9.17) is 0 Å². The van der Waals surface area contributed by atoms with Crippen molar-refractivity contribution in [1.82, 2.24) is 20.5 Å². The van der Waals surface area contributed by atoms with E-state index in [-0.39, 0.29) is 19.0 Å². The average molecular weight is 434 g/mol. The van der Waals surface area contributed by atoms with Crippen molar-refractivity contribution < 1.29 is 14.4 Å². The van der Waals surface area contributed by atoms with Crippen molar-refractivity contribution in [2.75, 3.05) is 25.5 Å². The lowest BCUT2D eigenvalue weighted by atomic mass is 10.2. The number of aromatic nitrogens is 1. The standard InChI is InChI=1S/C18H20BrN5O3/c1-24(11-16(25)22-15-8-7-14(19)10-20-15)12-17(26)23-18(27)21-9-13-5-3-2-4-6-13/h2-8,10H,9,11-12H2,1H3,(H,20,22,25)(H2,21,23,26,27). The minimum absolute atomic E-state index is 0.0171. The Balaban J connectivity index is 1.68. The summed E-state index contributed by atoms with van der Waals surface area (Å²) in [5.74, 6) is -0.396. The fourth-order valence-electron chi connectivity index (χ4n) is 2.17. The zero-order valence-corrected chi connectivity index (χ0v) is 16.3. The van der Waals surface area contributed by atoms with Crippen molar-refractivity contribution in [1.29, 1.82) is 0 Å². The molecule has 0 aliphatic rings. The number of halogens is 1. The summed E-state index contributed by atoms with van der Waals surface area (Å²) in [7, 11) is 1.61. The SMILES string of the molecule is CN(CC(=O)NC(=O)NCc1ccccc1)CC(=O)Nc1ccc(Br)cn1. The van der Waals surface area contributed by atoms with Crippen LogP contribution in [0.1, 0.15) is 5.56 Å². The Hall–Kier alpha value is -2.78. The first-order valence-corrected chi connectivity index (χ1v) is 8.93. The fourth-order valence-corrected chi connectivity index (χ4v) is 2.40. The third kappa shape index (κ3) is 7.97. The Morgan fingerprint density at radius 2 is 1.74 bits per heavy atom. The van der Waals surface area contributed by atoms with E-state index < -0.39 is 11.9 Å². The molecule has 142 valence electrons. The first kappa shape index (κ1) is 20.5. The second kappa shape index (κ2) is 10.4. The van der Waals surface area contributed by atoms with E-state index >= 15 is 0 Å². The van der Waals surface area contributed by atoms with E-state index in [2.05, 4.69) is 36.9 Å². The topological polar surface area (TPSA) is 103 Å². The Morgan fingerprint density at radius 3 is 2.41 bits per heavy atom. The summed E-state index contributed by atoms with van der Waals surface area (Å²) in [6.45, 7) is 0.204. The van der Waals surface area contributed by atoms with Crippen LogP contribution in [-0.2, 0) is 16.1 Å². The molecule has 8 nitrogen and oxygen atoms in total. The Labute approximate surface area is 165 Å². The molecule has 0 radical (unpaired) electrons. The Bertz CT molecular complexity index is 783. The fraction of sp³-hybridized carbons (Fsp3) is 0.222. The van der Waals surface area contributed by atoms with Crippen molar-refractivity contribution in [3.8, 4) is 0 Å². The molecule has 0 unspecified atom stereocenters. The van der Waals surface area contributed by atoms with Gasteiger partial charge in [0, 0.05) is 17.2 Å². The number of urea groups is 1. The van der Waals surface area contributed by atoms with Gasteiger partial charge in [-0.2, -0.15) is 0 Å². The first-order chi connectivity index (χ1) is 12.9. The maximum atomic E-state index is 12.0. The minimum atomic E-state index is -0.583. The average Bonchev–Trinajstić information content (AvgIpc) is 2.62. The number of nitrogens with one attached hydrogen (secondary N) is 3. The maximum Gasteiger partial charge on any atom is 0.321 e. The maximum absolute atomic E-state index is 12.0. The summed E-state index contributed by atoms with van der Waals surface area (Å²) >= 11 is 3.26. The highest BCUT2D eigenvalue weighted by Crippen LogP contribution is 2.10. The second-order valence-electron chi connectivity index (χ2n) is 5.80. The van der Waals surface area contributed by atoms with Gasteiger partial charge in [-0.15, -0.1) is 0 Å². The summed E-state index contributed by atoms with van der Waals surface area (Å²) < 4.78 is 0.805. The van der Waals surface area contributed by atoms with E-state index in [1.54, 1.807) is 25.4 Å². The van der Waals surface area contributed by atoms with E-state index in [1.807, 2.05) is 30.3 Å². The number of anilines is 1. The van der Waals surface area contributed by atoms with Crippen LogP contribution in [0.25, 0.3) is 0 Å². The van der Waals surface area contributed by atoms with Gasteiger partial charge >= 0.3 is 6.03 Å². The number of rotatable bonds is 7. The number of pyridine rings is 1. The summed E-state index contributed by atoms with van der Waals surface area (Å²) in [5, 5.41) is 7.46. The van der Waals surface area contributed by atoms with Crippen molar-refractivity contribution in [2.45, 2.75) is 6.54 Å². The Morgan fingerprint density at radius 1 is 1.04 bits per heavy atom. The molecule has 0 fully saturated rings. The summed E-state index contributed by atoms with van der Waals surface area (Å²) in [6, 6.07) is 12.2. The highest BCUT2D eigenvalue weighted by atomic mass is 79.9. The van der Waals surface area contributed by atoms with E-state index in [9.17, 15) is 14.4 Å². The number of carbonyl (C=O) groups excluding carboxylic acids is 3. The predicted octanol–water partition coefficient (Wildman–Crippen LogP) is 1.74. The van der Waals surface area contributed by atoms with Gasteiger partial charge < -0.3 is 10.6 Å². The zero-order valence-electron chi connectivity index (χ0n) is 14.7. The number of hydrogen-bond donors (Lipinski definition) is 3. The number of hydrogen-bond acceptors (Lipinski definition) is 5.